The van der Waals surface area contributed by atoms with Crippen molar-refractivity contribution in [3.05, 3.63) is 33.4 Å². The Balaban J connectivity index is 2.15. The van der Waals surface area contributed by atoms with E-state index in [-0.39, 0.29) is 5.91 Å². The summed E-state index contributed by atoms with van der Waals surface area (Å²) in [5, 5.41) is 3.06. The van der Waals surface area contributed by atoms with E-state index in [1.165, 1.54) is 6.42 Å². The molecule has 0 atom stereocenters. The molecule has 102 valence electrons. The molecule has 0 aromatic heterocycles. The zero-order valence-corrected chi connectivity index (χ0v) is 13.6. The molecule has 1 aliphatic carbocycles. The summed E-state index contributed by atoms with van der Waals surface area (Å²) < 4.78 is 1.11. The van der Waals surface area contributed by atoms with Crippen LogP contribution in [0.5, 0.6) is 0 Å². The fraction of sp³-hybridized carbons (Fsp3) is 0.429. The summed E-state index contributed by atoms with van der Waals surface area (Å²) in [7, 11) is 0. The van der Waals surface area contributed by atoms with Crippen LogP contribution in [0.2, 0.25) is 0 Å². The number of halogens is 1. The highest BCUT2D eigenvalue weighted by molar-refractivity contribution is 14.1. The Bertz CT molecular complexity index is 481. The van der Waals surface area contributed by atoms with Gasteiger partial charge in [-0.25, -0.2) is 0 Å². The molecule has 0 radical (unpaired) electrons. The first-order valence-corrected chi connectivity index (χ1v) is 7.90. The summed E-state index contributed by atoms with van der Waals surface area (Å²) in [5.41, 5.74) is 6.03. The molecule has 1 aromatic rings. The van der Waals surface area contributed by atoms with Crippen molar-refractivity contribution in [2.45, 2.75) is 37.6 Å². The van der Waals surface area contributed by atoms with Crippen molar-refractivity contribution in [2.75, 3.05) is 0 Å². The van der Waals surface area contributed by atoms with Crippen molar-refractivity contribution in [2.24, 2.45) is 5.73 Å². The summed E-state index contributed by atoms with van der Waals surface area (Å²) in [4.78, 5) is 12.7. The highest BCUT2D eigenvalue weighted by Crippen LogP contribution is 2.29. The van der Waals surface area contributed by atoms with E-state index in [4.69, 9.17) is 18.0 Å². The van der Waals surface area contributed by atoms with Crippen molar-refractivity contribution in [1.29, 1.82) is 0 Å². The van der Waals surface area contributed by atoms with Gasteiger partial charge in [-0.3, -0.25) is 4.79 Å². The van der Waals surface area contributed by atoms with Gasteiger partial charge in [0.1, 0.15) is 0 Å². The van der Waals surface area contributed by atoms with Gasteiger partial charge in [-0.2, -0.15) is 0 Å². The Labute approximate surface area is 132 Å². The van der Waals surface area contributed by atoms with Gasteiger partial charge in [0.05, 0.1) is 10.5 Å². The van der Waals surface area contributed by atoms with E-state index < -0.39 is 5.54 Å². The second-order valence-electron chi connectivity index (χ2n) is 4.97. The Morgan fingerprint density at radius 1 is 1.21 bits per heavy atom. The van der Waals surface area contributed by atoms with Gasteiger partial charge in [0.25, 0.3) is 5.91 Å². The summed E-state index contributed by atoms with van der Waals surface area (Å²) >= 11 is 7.39. The van der Waals surface area contributed by atoms with Crippen LogP contribution in [0.1, 0.15) is 42.5 Å². The summed E-state index contributed by atoms with van der Waals surface area (Å²) in [6.45, 7) is 0. The predicted molar refractivity (Wildman–Crippen MR) is 89.2 cm³/mol. The lowest BCUT2D eigenvalue weighted by Crippen LogP contribution is -2.57. The molecule has 1 saturated carbocycles. The van der Waals surface area contributed by atoms with Crippen LogP contribution in [0.25, 0.3) is 0 Å². The van der Waals surface area contributed by atoms with Crippen LogP contribution in [0.4, 0.5) is 0 Å². The zero-order chi connectivity index (χ0) is 13.9. The molecule has 19 heavy (non-hydrogen) atoms. The highest BCUT2D eigenvalue weighted by atomic mass is 127. The van der Waals surface area contributed by atoms with Crippen LogP contribution in [-0.4, -0.2) is 16.4 Å². The first kappa shape index (κ1) is 14.7. The largest absolute Gasteiger partial charge is 0.391 e. The lowest BCUT2D eigenvalue weighted by Gasteiger charge is -2.37. The molecule has 0 saturated heterocycles. The van der Waals surface area contributed by atoms with Crippen LogP contribution in [0.15, 0.2) is 24.3 Å². The lowest BCUT2D eigenvalue weighted by molar-refractivity contribution is 0.0908. The number of hydrogen-bond acceptors (Lipinski definition) is 2. The van der Waals surface area contributed by atoms with Crippen LogP contribution in [0, 0.1) is 3.57 Å². The molecule has 3 N–H and O–H groups in total. The molecule has 1 amide bonds. The van der Waals surface area contributed by atoms with Crippen molar-refractivity contribution >= 4 is 45.7 Å². The Morgan fingerprint density at radius 3 is 2.32 bits per heavy atom. The maximum Gasteiger partial charge on any atom is 0.252 e. The van der Waals surface area contributed by atoms with Crippen molar-refractivity contribution < 1.29 is 4.79 Å². The Morgan fingerprint density at radius 2 is 1.79 bits per heavy atom. The number of hydrogen-bond donors (Lipinski definition) is 2. The van der Waals surface area contributed by atoms with Crippen molar-refractivity contribution in [3.63, 3.8) is 0 Å². The lowest BCUT2D eigenvalue weighted by atomic mass is 9.81. The third-order valence-electron chi connectivity index (χ3n) is 3.64. The van der Waals surface area contributed by atoms with E-state index in [2.05, 4.69) is 27.9 Å². The fourth-order valence-corrected chi connectivity index (χ4v) is 3.09. The van der Waals surface area contributed by atoms with E-state index >= 15 is 0 Å². The predicted octanol–water partition coefficient (Wildman–Crippen LogP) is 3.01. The molecule has 5 heteroatoms. The minimum Gasteiger partial charge on any atom is -0.391 e. The summed E-state index contributed by atoms with van der Waals surface area (Å²) in [6, 6.07) is 7.49. The second-order valence-corrected chi connectivity index (χ2v) is 6.65. The van der Waals surface area contributed by atoms with Crippen LogP contribution >= 0.6 is 34.8 Å². The molecule has 0 unspecified atom stereocenters. The van der Waals surface area contributed by atoms with Crippen LogP contribution in [-0.2, 0) is 0 Å². The van der Waals surface area contributed by atoms with Gasteiger partial charge >= 0.3 is 0 Å². The summed E-state index contributed by atoms with van der Waals surface area (Å²) in [5.74, 6) is -0.0916. The van der Waals surface area contributed by atoms with Gasteiger partial charge < -0.3 is 11.1 Å². The number of nitrogens with one attached hydrogen (secondary N) is 1. The second kappa shape index (κ2) is 6.17. The minimum absolute atomic E-state index is 0.0916. The number of carbonyl (C=O) groups is 1. The molecular weight excluding hydrogens is 371 g/mol. The monoisotopic (exact) mass is 388 g/mol. The number of benzene rings is 1. The molecule has 0 spiro atoms. The number of rotatable bonds is 3. The van der Waals surface area contributed by atoms with E-state index in [1.807, 2.05) is 24.3 Å². The van der Waals surface area contributed by atoms with Crippen molar-refractivity contribution in [1.82, 2.24) is 5.32 Å². The van der Waals surface area contributed by atoms with Gasteiger partial charge in [0, 0.05) is 9.13 Å². The zero-order valence-electron chi connectivity index (χ0n) is 10.6. The normalized spacial score (nSPS) is 17.7. The first-order chi connectivity index (χ1) is 9.03. The first-order valence-electron chi connectivity index (χ1n) is 6.41. The molecule has 2 rings (SSSR count). The minimum atomic E-state index is -0.492. The topological polar surface area (TPSA) is 55.1 Å². The van der Waals surface area contributed by atoms with Gasteiger partial charge in [-0.15, -0.1) is 0 Å². The maximum atomic E-state index is 12.3. The Kier molecular flexibility index (Phi) is 4.78. The molecule has 0 aliphatic heterocycles. The molecular formula is C14H17IN2OS. The van der Waals surface area contributed by atoms with E-state index in [0.717, 1.165) is 29.3 Å². The van der Waals surface area contributed by atoms with E-state index in [1.54, 1.807) is 0 Å². The SMILES string of the molecule is NC(=S)C1(NC(=O)c2ccc(I)cc2)CCCCC1. The molecule has 1 aliphatic rings. The molecule has 3 nitrogen and oxygen atoms in total. The fourth-order valence-electron chi connectivity index (χ4n) is 2.48. The highest BCUT2D eigenvalue weighted by Gasteiger charge is 2.36. The standard InChI is InChI=1S/C14H17IN2OS/c15-11-6-4-10(5-7-11)12(18)17-14(13(16)19)8-2-1-3-9-14/h4-7H,1-3,8-9H2,(H2,16,19)(H,17,18). The van der Waals surface area contributed by atoms with Gasteiger partial charge in [0.15, 0.2) is 0 Å². The Hall–Kier alpha value is -0.690. The molecule has 0 heterocycles. The van der Waals surface area contributed by atoms with Gasteiger partial charge in [0.2, 0.25) is 0 Å². The van der Waals surface area contributed by atoms with Gasteiger partial charge in [-0.1, -0.05) is 31.5 Å². The number of nitrogens with two attached hydrogens (primary N) is 1. The average molecular weight is 388 g/mol. The molecule has 1 fully saturated rings. The van der Waals surface area contributed by atoms with Crippen molar-refractivity contribution in [3.8, 4) is 0 Å². The number of carbonyl (C=O) groups excluding carboxylic acids is 1. The quantitative estimate of drug-likeness (QED) is 0.618. The molecule has 0 bridgehead atoms. The number of thiocarbonyl (C=S) groups is 1. The maximum absolute atomic E-state index is 12.3. The van der Waals surface area contributed by atoms with E-state index in [0.29, 0.717) is 10.6 Å². The molecule has 1 aromatic carbocycles. The van der Waals surface area contributed by atoms with Gasteiger partial charge in [-0.05, 0) is 59.7 Å². The smallest absolute Gasteiger partial charge is 0.252 e. The average Bonchev–Trinajstić information content (AvgIpc) is 2.40. The third-order valence-corrected chi connectivity index (χ3v) is 4.75. The van der Waals surface area contributed by atoms with Crippen LogP contribution in [0.3, 0.4) is 0 Å². The van der Waals surface area contributed by atoms with Crippen LogP contribution < -0.4 is 11.1 Å². The number of amides is 1. The summed E-state index contributed by atoms with van der Waals surface area (Å²) in [6.07, 6.45) is 5.00. The third kappa shape index (κ3) is 3.45. The van der Waals surface area contributed by atoms with E-state index in [9.17, 15) is 4.79 Å².